The van der Waals surface area contributed by atoms with Crippen LogP contribution < -0.4 is 0 Å². The number of ether oxygens (including phenoxy) is 1. The van der Waals surface area contributed by atoms with Gasteiger partial charge in [-0.25, -0.2) is 0 Å². The van der Waals surface area contributed by atoms with Crippen molar-refractivity contribution in [3.8, 4) is 0 Å². The van der Waals surface area contributed by atoms with Gasteiger partial charge in [0.2, 0.25) is 0 Å². The van der Waals surface area contributed by atoms with Crippen molar-refractivity contribution < 1.29 is 30.9 Å². The zero-order chi connectivity index (χ0) is 9.83. The molecule has 0 aromatic heterocycles. The Kier molecular flexibility index (Phi) is 3.89. The second-order valence-electron chi connectivity index (χ2n) is 2.15. The molecule has 0 aliphatic rings. The van der Waals surface area contributed by atoms with Crippen LogP contribution in [-0.2, 0) is 4.74 Å². The molecule has 0 N–H and O–H groups in total. The zero-order valence-corrected chi connectivity index (χ0v) is 5.87. The number of halogens is 6. The van der Waals surface area contributed by atoms with Gasteiger partial charge in [0.15, 0.2) is 0 Å². The molecule has 1 nitrogen and oxygen atoms in total. The minimum atomic E-state index is -5.14. The summed E-state index contributed by atoms with van der Waals surface area (Å²) in [6.07, 6.45) is -5.81. The van der Waals surface area contributed by atoms with E-state index in [9.17, 15) is 26.1 Å². The molecule has 0 aliphatic heterocycles. The molecule has 0 aromatic carbocycles. The van der Waals surface area contributed by atoms with Gasteiger partial charge in [-0.15, -0.1) is 0 Å². The van der Waals surface area contributed by atoms with Crippen LogP contribution in [0.1, 0.15) is 6.42 Å². The molecule has 0 aromatic rings. The Balaban J connectivity index is 3.35. The first kappa shape index (κ1) is 11.6. The van der Waals surface area contributed by atoms with Crippen LogP contribution in [0.25, 0.3) is 0 Å². The molecule has 0 amide bonds. The van der Waals surface area contributed by atoms with Crippen LogP contribution in [0, 0.1) is 0 Å². The predicted octanol–water partition coefficient (Wildman–Crippen LogP) is 2.34. The topological polar surface area (TPSA) is 9.23 Å². The molecule has 12 heavy (non-hydrogen) atoms. The molecule has 0 atom stereocenters. The second-order valence-corrected chi connectivity index (χ2v) is 2.15. The molecule has 0 saturated heterocycles. The first-order valence-electron chi connectivity index (χ1n) is 3.06. The fourth-order valence-corrected chi connectivity index (χ4v) is 0.405. The summed E-state index contributed by atoms with van der Waals surface area (Å²) in [4.78, 5) is 0. The first-order valence-corrected chi connectivity index (χ1v) is 3.06. The molecule has 0 radical (unpaired) electrons. The fourth-order valence-electron chi connectivity index (χ4n) is 0.405. The number of rotatable bonds is 4. The van der Waals surface area contributed by atoms with Crippen LogP contribution in [0.2, 0.25) is 0 Å². The summed E-state index contributed by atoms with van der Waals surface area (Å²) in [5.74, 6) is 0. The summed E-state index contributed by atoms with van der Waals surface area (Å²) in [6.45, 7) is -7.65. The van der Waals surface area contributed by atoms with Gasteiger partial charge in [-0.3, -0.25) is 0 Å². The van der Waals surface area contributed by atoms with Gasteiger partial charge >= 0.3 is 13.2 Å². The van der Waals surface area contributed by atoms with Crippen LogP contribution in [0.4, 0.5) is 26.1 Å². The van der Waals surface area contributed by atoms with Crippen molar-refractivity contribution in [3.63, 3.8) is 0 Å². The maximum Gasteiger partial charge on any atom is 0.503 e. The average molecular weight is 195 g/mol. The van der Waals surface area contributed by atoms with Crippen molar-refractivity contribution in [2.45, 2.75) is 12.6 Å². The molecular weight excluding hydrogens is 189 g/mol. The fraction of sp³-hybridized carbons (Fsp3) is 1.00. The minimum Gasteiger partial charge on any atom is -0.447 e. The first-order chi connectivity index (χ1) is 5.21. The Morgan fingerprint density at radius 2 is 1.58 bits per heavy atom. The van der Waals surface area contributed by atoms with Gasteiger partial charge in [0.05, 0.1) is 13.0 Å². The largest absolute Gasteiger partial charge is 0.503 e. The van der Waals surface area contributed by atoms with Crippen molar-refractivity contribution in [1.82, 2.24) is 0 Å². The van der Waals surface area contributed by atoms with E-state index in [2.05, 4.69) is 4.74 Å². The smallest absolute Gasteiger partial charge is 0.447 e. The molecule has 8 heteroatoms. The van der Waals surface area contributed by atoms with Crippen LogP contribution in [0.15, 0.2) is 0 Å². The maximum atomic E-state index is 11.3. The second kappa shape index (κ2) is 4.02. The van der Waals surface area contributed by atoms with Gasteiger partial charge < -0.3 is 17.7 Å². The van der Waals surface area contributed by atoms with Gasteiger partial charge in [0.1, 0.15) is 0 Å². The highest BCUT2D eigenvalue weighted by Crippen LogP contribution is 2.19. The summed E-state index contributed by atoms with van der Waals surface area (Å²) in [5.41, 5.74) is 0. The highest BCUT2D eigenvalue weighted by molar-refractivity contribution is 6.58. The van der Waals surface area contributed by atoms with Crippen molar-refractivity contribution in [3.05, 3.63) is 0 Å². The van der Waals surface area contributed by atoms with E-state index in [4.69, 9.17) is 0 Å². The average Bonchev–Trinajstić information content (AvgIpc) is 1.76. The molecule has 0 heterocycles. The summed E-state index contributed by atoms with van der Waals surface area (Å²) < 4.78 is 71.7. The van der Waals surface area contributed by atoms with E-state index < -0.39 is 32.7 Å². The van der Waals surface area contributed by atoms with Crippen LogP contribution in [-0.4, -0.2) is 26.3 Å². The Labute approximate surface area is 64.7 Å². The number of hydrogen-bond donors (Lipinski definition) is 0. The summed E-state index contributed by atoms with van der Waals surface area (Å²) >= 11 is 0. The van der Waals surface area contributed by atoms with Gasteiger partial charge in [0.25, 0.3) is 0 Å². The van der Waals surface area contributed by atoms with Gasteiger partial charge in [0, 0.05) is 6.51 Å². The van der Waals surface area contributed by atoms with E-state index in [1.807, 2.05) is 0 Å². The zero-order valence-electron chi connectivity index (χ0n) is 5.87. The molecule has 0 saturated carbocycles. The van der Waals surface area contributed by atoms with E-state index in [1.54, 1.807) is 0 Å². The molecule has 0 fully saturated rings. The summed E-state index contributed by atoms with van der Waals surface area (Å²) in [6, 6.07) is 0. The van der Waals surface area contributed by atoms with Crippen LogP contribution in [0.5, 0.6) is 0 Å². The normalized spacial score (nSPS) is 13.5. The Hall–Kier alpha value is -0.395. The van der Waals surface area contributed by atoms with E-state index in [1.165, 1.54) is 0 Å². The molecule has 0 spiro atoms. The molecular formula is C4H6BF6O-. The molecule has 0 bridgehead atoms. The summed E-state index contributed by atoms with van der Waals surface area (Å²) in [5, 5.41) is 0. The third kappa shape index (κ3) is 9.60. The number of alkyl halides is 3. The molecule has 74 valence electrons. The minimum absolute atomic E-state index is 0.940. The molecule has 0 rings (SSSR count). The van der Waals surface area contributed by atoms with Crippen molar-refractivity contribution in [2.75, 3.05) is 13.1 Å². The Morgan fingerprint density at radius 3 is 1.92 bits per heavy atom. The van der Waals surface area contributed by atoms with Crippen LogP contribution in [0.3, 0.4) is 0 Å². The van der Waals surface area contributed by atoms with Crippen molar-refractivity contribution >= 4 is 6.98 Å². The van der Waals surface area contributed by atoms with E-state index >= 15 is 0 Å². The van der Waals surface area contributed by atoms with Gasteiger partial charge in [-0.2, -0.15) is 13.2 Å². The lowest BCUT2D eigenvalue weighted by atomic mass is 9.95. The Bertz CT molecular complexity index is 112. The highest BCUT2D eigenvalue weighted by atomic mass is 19.4. The van der Waals surface area contributed by atoms with Gasteiger partial charge in [-0.1, -0.05) is 0 Å². The van der Waals surface area contributed by atoms with E-state index in [-0.39, 0.29) is 0 Å². The Morgan fingerprint density at radius 1 is 1.08 bits per heavy atom. The SMILES string of the molecule is F[B-](F)(F)COCCC(F)(F)F. The monoisotopic (exact) mass is 195 g/mol. The quantitative estimate of drug-likeness (QED) is 0.380. The lowest BCUT2D eigenvalue weighted by Gasteiger charge is -2.14. The highest BCUT2D eigenvalue weighted by Gasteiger charge is 2.28. The predicted molar refractivity (Wildman–Crippen MR) is 30.6 cm³/mol. The third-order valence-corrected chi connectivity index (χ3v) is 0.837. The van der Waals surface area contributed by atoms with Crippen molar-refractivity contribution in [2.24, 2.45) is 0 Å². The van der Waals surface area contributed by atoms with E-state index in [0.29, 0.717) is 0 Å². The standard InChI is InChI=1S/C4H6BF6O/c6-4(7,8)1-2-12-3-5(9,10)11/h1-3H2/q-1. The van der Waals surface area contributed by atoms with Crippen molar-refractivity contribution in [1.29, 1.82) is 0 Å². The molecule has 0 aliphatic carbocycles. The number of hydrogen-bond acceptors (Lipinski definition) is 1. The third-order valence-electron chi connectivity index (χ3n) is 0.837. The lowest BCUT2D eigenvalue weighted by Crippen LogP contribution is -2.25. The van der Waals surface area contributed by atoms with Gasteiger partial charge in [-0.05, 0) is 0 Å². The lowest BCUT2D eigenvalue weighted by molar-refractivity contribution is -0.144. The van der Waals surface area contributed by atoms with E-state index in [0.717, 1.165) is 0 Å². The molecule has 0 unspecified atom stereocenters. The maximum absolute atomic E-state index is 11.3. The summed E-state index contributed by atoms with van der Waals surface area (Å²) in [7, 11) is 0. The van der Waals surface area contributed by atoms with Crippen LogP contribution >= 0.6 is 0 Å².